The molecule has 0 spiro atoms. The molecule has 21 heavy (non-hydrogen) atoms. The Balaban J connectivity index is 2.10. The predicted molar refractivity (Wildman–Crippen MR) is 88.6 cm³/mol. The van der Waals surface area contributed by atoms with Crippen LogP contribution in [0.2, 0.25) is 0 Å². The summed E-state index contributed by atoms with van der Waals surface area (Å²) in [5.74, 6) is 0.904. The summed E-state index contributed by atoms with van der Waals surface area (Å²) >= 11 is 0. The molecular weight excluding hydrogens is 260 g/mol. The summed E-state index contributed by atoms with van der Waals surface area (Å²) in [5.41, 5.74) is 2.40. The van der Waals surface area contributed by atoms with E-state index in [1.54, 1.807) is 0 Å². The first-order valence-electron chi connectivity index (χ1n) is 8.21. The highest BCUT2D eigenvalue weighted by atomic mass is 15.3. The first-order valence-corrected chi connectivity index (χ1v) is 8.21. The van der Waals surface area contributed by atoms with Gasteiger partial charge in [0.15, 0.2) is 0 Å². The topological polar surface area (TPSA) is 41.1 Å². The number of aromatic nitrogens is 2. The number of nitrogens with one attached hydrogen (secondary N) is 1. The molecule has 1 aliphatic rings. The van der Waals surface area contributed by atoms with Crippen molar-refractivity contribution in [2.24, 2.45) is 0 Å². The molecule has 0 saturated carbocycles. The van der Waals surface area contributed by atoms with Gasteiger partial charge in [-0.05, 0) is 47.5 Å². The molecule has 2 rings (SSSR count). The van der Waals surface area contributed by atoms with E-state index in [1.807, 2.05) is 6.20 Å². The van der Waals surface area contributed by atoms with Crippen molar-refractivity contribution in [1.29, 1.82) is 0 Å². The van der Waals surface area contributed by atoms with Gasteiger partial charge in [-0.1, -0.05) is 12.8 Å². The van der Waals surface area contributed by atoms with Gasteiger partial charge in [0.25, 0.3) is 0 Å². The second-order valence-corrected chi connectivity index (χ2v) is 7.28. The molecule has 2 heterocycles. The van der Waals surface area contributed by atoms with Gasteiger partial charge in [0, 0.05) is 42.1 Å². The van der Waals surface area contributed by atoms with Crippen LogP contribution in [0.25, 0.3) is 0 Å². The zero-order chi connectivity index (χ0) is 15.5. The minimum Gasteiger partial charge on any atom is -0.338 e. The van der Waals surface area contributed by atoms with Crippen LogP contribution in [0.15, 0.2) is 6.20 Å². The molecule has 0 bridgehead atoms. The van der Waals surface area contributed by atoms with E-state index in [4.69, 9.17) is 4.98 Å². The third kappa shape index (κ3) is 4.67. The Morgan fingerprint density at radius 3 is 2.71 bits per heavy atom. The average molecular weight is 290 g/mol. The second-order valence-electron chi connectivity index (χ2n) is 7.28. The third-order valence-electron chi connectivity index (χ3n) is 4.19. The highest BCUT2D eigenvalue weighted by Gasteiger charge is 2.20. The predicted octanol–water partition coefficient (Wildman–Crippen LogP) is 3.44. The minimum atomic E-state index is 0.115. The molecule has 1 aliphatic heterocycles. The quantitative estimate of drug-likeness (QED) is 0.926. The van der Waals surface area contributed by atoms with Gasteiger partial charge in [-0.25, -0.2) is 9.97 Å². The lowest BCUT2D eigenvalue weighted by atomic mass is 10.1. The lowest BCUT2D eigenvalue weighted by Gasteiger charge is -2.27. The molecule has 1 saturated heterocycles. The van der Waals surface area contributed by atoms with Crippen LogP contribution in [0.3, 0.4) is 0 Å². The molecule has 0 radical (unpaired) electrons. The number of aryl methyl sites for hydroxylation is 1. The van der Waals surface area contributed by atoms with E-state index in [1.165, 1.54) is 31.2 Å². The normalized spacial score (nSPS) is 20.4. The molecule has 4 nitrogen and oxygen atoms in total. The van der Waals surface area contributed by atoms with E-state index in [0.717, 1.165) is 24.7 Å². The van der Waals surface area contributed by atoms with Gasteiger partial charge in [-0.3, -0.25) is 0 Å². The first kappa shape index (κ1) is 16.2. The van der Waals surface area contributed by atoms with Crippen LogP contribution < -0.4 is 10.2 Å². The van der Waals surface area contributed by atoms with Crippen molar-refractivity contribution in [3.05, 3.63) is 17.5 Å². The largest absolute Gasteiger partial charge is 0.338 e. The van der Waals surface area contributed by atoms with E-state index < -0.39 is 0 Å². The van der Waals surface area contributed by atoms with Gasteiger partial charge >= 0.3 is 0 Å². The van der Waals surface area contributed by atoms with Crippen molar-refractivity contribution >= 4 is 5.95 Å². The van der Waals surface area contributed by atoms with Crippen molar-refractivity contribution in [3.8, 4) is 0 Å². The SMILES string of the molecule is Cc1nc(N2CCCCCC2C)ncc1CNC(C)(C)C. The summed E-state index contributed by atoms with van der Waals surface area (Å²) in [6.45, 7) is 12.8. The lowest BCUT2D eigenvalue weighted by Crippen LogP contribution is -2.36. The van der Waals surface area contributed by atoms with E-state index in [9.17, 15) is 0 Å². The fraction of sp³-hybridized carbons (Fsp3) is 0.765. The molecule has 1 aromatic heterocycles. The Labute approximate surface area is 129 Å². The number of nitrogens with zero attached hydrogens (tertiary/aromatic N) is 3. The third-order valence-corrected chi connectivity index (χ3v) is 4.19. The monoisotopic (exact) mass is 290 g/mol. The number of rotatable bonds is 3. The molecule has 1 unspecified atom stereocenters. The highest BCUT2D eigenvalue weighted by Crippen LogP contribution is 2.21. The standard InChI is InChI=1S/C17H30N4/c1-13-9-7-6-8-10-21(13)16-18-11-15(14(2)20-16)12-19-17(3,4)5/h11,13,19H,6-10,12H2,1-5H3. The zero-order valence-electron chi connectivity index (χ0n) is 14.2. The molecule has 1 aromatic rings. The second kappa shape index (κ2) is 6.73. The summed E-state index contributed by atoms with van der Waals surface area (Å²) in [6.07, 6.45) is 7.14. The Kier molecular flexibility index (Phi) is 5.20. The van der Waals surface area contributed by atoms with E-state index in [0.29, 0.717) is 6.04 Å². The maximum atomic E-state index is 4.76. The van der Waals surface area contributed by atoms with E-state index >= 15 is 0 Å². The summed E-state index contributed by atoms with van der Waals surface area (Å²) in [7, 11) is 0. The van der Waals surface area contributed by atoms with Crippen LogP contribution in [0.4, 0.5) is 5.95 Å². The molecule has 1 fully saturated rings. The van der Waals surface area contributed by atoms with Gasteiger partial charge in [-0.15, -0.1) is 0 Å². The summed E-state index contributed by atoms with van der Waals surface area (Å²) in [6, 6.07) is 0.547. The number of hydrogen-bond acceptors (Lipinski definition) is 4. The molecule has 0 amide bonds. The van der Waals surface area contributed by atoms with E-state index in [-0.39, 0.29) is 5.54 Å². The molecular formula is C17H30N4. The summed E-state index contributed by atoms with van der Waals surface area (Å²) < 4.78 is 0. The fourth-order valence-corrected chi connectivity index (χ4v) is 2.72. The summed E-state index contributed by atoms with van der Waals surface area (Å²) in [5, 5.41) is 3.50. The van der Waals surface area contributed by atoms with Gasteiger partial charge in [-0.2, -0.15) is 0 Å². The highest BCUT2D eigenvalue weighted by molar-refractivity contribution is 5.34. The van der Waals surface area contributed by atoms with Gasteiger partial charge in [0.05, 0.1) is 0 Å². The van der Waals surface area contributed by atoms with Crippen molar-refractivity contribution in [2.45, 2.75) is 78.4 Å². The Morgan fingerprint density at radius 1 is 1.29 bits per heavy atom. The van der Waals surface area contributed by atoms with Crippen molar-refractivity contribution in [3.63, 3.8) is 0 Å². The van der Waals surface area contributed by atoms with Crippen molar-refractivity contribution < 1.29 is 0 Å². The van der Waals surface area contributed by atoms with Crippen molar-refractivity contribution in [1.82, 2.24) is 15.3 Å². The van der Waals surface area contributed by atoms with Crippen LogP contribution in [0.1, 0.15) is 64.6 Å². The number of anilines is 1. The smallest absolute Gasteiger partial charge is 0.225 e. The molecule has 118 valence electrons. The summed E-state index contributed by atoms with van der Waals surface area (Å²) in [4.78, 5) is 11.8. The molecule has 1 atom stereocenters. The lowest BCUT2D eigenvalue weighted by molar-refractivity contribution is 0.423. The maximum Gasteiger partial charge on any atom is 0.225 e. The van der Waals surface area contributed by atoms with Crippen LogP contribution >= 0.6 is 0 Å². The van der Waals surface area contributed by atoms with Crippen molar-refractivity contribution in [2.75, 3.05) is 11.4 Å². The first-order chi connectivity index (χ1) is 9.87. The molecule has 0 aromatic carbocycles. The van der Waals surface area contributed by atoms with Crippen LogP contribution in [-0.2, 0) is 6.54 Å². The fourth-order valence-electron chi connectivity index (χ4n) is 2.72. The molecule has 1 N–H and O–H groups in total. The van der Waals surface area contributed by atoms with E-state index in [2.05, 4.69) is 49.8 Å². The van der Waals surface area contributed by atoms with Gasteiger partial charge in [0.1, 0.15) is 0 Å². The minimum absolute atomic E-state index is 0.115. The van der Waals surface area contributed by atoms with Gasteiger partial charge < -0.3 is 10.2 Å². The zero-order valence-corrected chi connectivity index (χ0v) is 14.2. The Hall–Kier alpha value is -1.16. The molecule has 4 heteroatoms. The van der Waals surface area contributed by atoms with Crippen LogP contribution in [-0.4, -0.2) is 28.1 Å². The van der Waals surface area contributed by atoms with Gasteiger partial charge in [0.2, 0.25) is 5.95 Å². The Morgan fingerprint density at radius 2 is 2.05 bits per heavy atom. The van der Waals surface area contributed by atoms with Crippen LogP contribution in [0, 0.1) is 6.92 Å². The Bertz CT molecular complexity index is 464. The average Bonchev–Trinajstić information content (AvgIpc) is 2.61. The number of hydrogen-bond donors (Lipinski definition) is 1. The maximum absolute atomic E-state index is 4.76. The molecule has 0 aliphatic carbocycles. The van der Waals surface area contributed by atoms with Crippen LogP contribution in [0.5, 0.6) is 0 Å².